The first-order chi connectivity index (χ1) is 7.70. The molecule has 0 saturated heterocycles. The minimum Gasteiger partial charge on any atom is -0.493 e. The number of hydrogen-bond donors (Lipinski definition) is 2. The highest BCUT2D eigenvalue weighted by Crippen LogP contribution is 2.28. The van der Waals surface area contributed by atoms with Crippen LogP contribution in [0.5, 0.6) is 5.75 Å². The molecule has 2 atom stereocenters. The number of nitrogens with one attached hydrogen (secondary N) is 1. The first-order valence-electron chi connectivity index (χ1n) is 5.83. The second kappa shape index (κ2) is 4.85. The lowest BCUT2D eigenvalue weighted by atomic mass is 10.0. The first kappa shape index (κ1) is 11.4. The van der Waals surface area contributed by atoms with Crippen LogP contribution >= 0.6 is 0 Å². The van der Waals surface area contributed by atoms with Gasteiger partial charge < -0.3 is 15.2 Å². The molecule has 1 heterocycles. The third-order valence-corrected chi connectivity index (χ3v) is 3.02. The lowest BCUT2D eigenvalue weighted by Gasteiger charge is -2.19. The van der Waals surface area contributed by atoms with Crippen molar-refractivity contribution in [3.63, 3.8) is 0 Å². The lowest BCUT2D eigenvalue weighted by molar-refractivity contribution is 0.243. The summed E-state index contributed by atoms with van der Waals surface area (Å²) < 4.78 is 5.48. The van der Waals surface area contributed by atoms with Crippen molar-refractivity contribution in [2.75, 3.05) is 13.2 Å². The van der Waals surface area contributed by atoms with Crippen LogP contribution in [0.15, 0.2) is 18.2 Å². The van der Waals surface area contributed by atoms with Crippen LogP contribution in [0.2, 0.25) is 0 Å². The van der Waals surface area contributed by atoms with Crippen molar-refractivity contribution in [2.45, 2.75) is 32.4 Å². The fourth-order valence-electron chi connectivity index (χ4n) is 2.05. The molecule has 1 aliphatic rings. The Balaban J connectivity index is 2.09. The van der Waals surface area contributed by atoms with Gasteiger partial charge in [0.25, 0.3) is 0 Å². The van der Waals surface area contributed by atoms with E-state index in [9.17, 15) is 0 Å². The standard InChI is InChI=1S/C13H19NO2/c1-9(8-15)14-10(2)11-3-4-13-12(7-11)5-6-16-13/h3-4,7,9-10,14-15H,5-6,8H2,1-2H3. The smallest absolute Gasteiger partial charge is 0.122 e. The average molecular weight is 221 g/mol. The zero-order valence-corrected chi connectivity index (χ0v) is 9.86. The maximum Gasteiger partial charge on any atom is 0.122 e. The van der Waals surface area contributed by atoms with Crippen molar-refractivity contribution >= 4 is 0 Å². The zero-order chi connectivity index (χ0) is 11.5. The molecule has 16 heavy (non-hydrogen) atoms. The van der Waals surface area contributed by atoms with Crippen LogP contribution < -0.4 is 10.1 Å². The Morgan fingerprint density at radius 1 is 1.44 bits per heavy atom. The molecule has 1 aromatic carbocycles. The van der Waals surface area contributed by atoms with Crippen LogP contribution in [-0.2, 0) is 6.42 Å². The summed E-state index contributed by atoms with van der Waals surface area (Å²) in [6.45, 7) is 5.06. The Kier molecular flexibility index (Phi) is 3.46. The van der Waals surface area contributed by atoms with Gasteiger partial charge in [-0.15, -0.1) is 0 Å². The summed E-state index contributed by atoms with van der Waals surface area (Å²) in [5.74, 6) is 1.02. The molecule has 2 rings (SSSR count). The van der Waals surface area contributed by atoms with Crippen LogP contribution in [0.25, 0.3) is 0 Å². The topological polar surface area (TPSA) is 41.5 Å². The Bertz CT molecular complexity index is 365. The Hall–Kier alpha value is -1.06. The van der Waals surface area contributed by atoms with E-state index in [1.54, 1.807) is 0 Å². The first-order valence-corrected chi connectivity index (χ1v) is 5.83. The summed E-state index contributed by atoms with van der Waals surface area (Å²) in [6, 6.07) is 6.71. The molecule has 0 aromatic heterocycles. The molecule has 3 nitrogen and oxygen atoms in total. The number of fused-ring (bicyclic) bond motifs is 1. The maximum atomic E-state index is 9.00. The third kappa shape index (κ3) is 2.36. The molecule has 0 bridgehead atoms. The number of aliphatic hydroxyl groups excluding tert-OH is 1. The third-order valence-electron chi connectivity index (χ3n) is 3.02. The molecule has 2 unspecified atom stereocenters. The highest BCUT2D eigenvalue weighted by molar-refractivity contribution is 5.40. The average Bonchev–Trinajstić information content (AvgIpc) is 2.75. The molecule has 0 amide bonds. The van der Waals surface area contributed by atoms with Gasteiger partial charge in [0, 0.05) is 18.5 Å². The number of benzene rings is 1. The van der Waals surface area contributed by atoms with E-state index >= 15 is 0 Å². The molecule has 0 aliphatic carbocycles. The summed E-state index contributed by atoms with van der Waals surface area (Å²) in [6.07, 6.45) is 1.01. The lowest BCUT2D eigenvalue weighted by Crippen LogP contribution is -2.31. The van der Waals surface area contributed by atoms with E-state index in [1.165, 1.54) is 11.1 Å². The SMILES string of the molecule is CC(CO)NC(C)c1ccc2c(c1)CCO2. The normalized spacial score (nSPS) is 17.7. The fraction of sp³-hybridized carbons (Fsp3) is 0.538. The number of aliphatic hydroxyl groups is 1. The number of hydrogen-bond acceptors (Lipinski definition) is 3. The quantitative estimate of drug-likeness (QED) is 0.812. The molecular weight excluding hydrogens is 202 g/mol. The number of ether oxygens (including phenoxy) is 1. The van der Waals surface area contributed by atoms with E-state index in [4.69, 9.17) is 9.84 Å². The monoisotopic (exact) mass is 221 g/mol. The van der Waals surface area contributed by atoms with Crippen LogP contribution in [0.4, 0.5) is 0 Å². The zero-order valence-electron chi connectivity index (χ0n) is 9.86. The van der Waals surface area contributed by atoms with Gasteiger partial charge in [-0.2, -0.15) is 0 Å². The van der Waals surface area contributed by atoms with Crippen molar-refractivity contribution in [2.24, 2.45) is 0 Å². The molecule has 0 saturated carbocycles. The van der Waals surface area contributed by atoms with Crippen LogP contribution in [0.3, 0.4) is 0 Å². The van der Waals surface area contributed by atoms with E-state index in [0.29, 0.717) is 0 Å². The Morgan fingerprint density at radius 2 is 2.25 bits per heavy atom. The largest absolute Gasteiger partial charge is 0.493 e. The molecule has 1 aromatic rings. The summed E-state index contributed by atoms with van der Waals surface area (Å²) in [7, 11) is 0. The Labute approximate surface area is 96.4 Å². The highest BCUT2D eigenvalue weighted by Gasteiger charge is 2.15. The fourth-order valence-corrected chi connectivity index (χ4v) is 2.05. The molecule has 0 spiro atoms. The van der Waals surface area contributed by atoms with Crippen LogP contribution in [-0.4, -0.2) is 24.4 Å². The van der Waals surface area contributed by atoms with Gasteiger partial charge >= 0.3 is 0 Å². The van der Waals surface area contributed by atoms with Gasteiger partial charge in [0.15, 0.2) is 0 Å². The predicted molar refractivity (Wildman–Crippen MR) is 63.7 cm³/mol. The second-order valence-electron chi connectivity index (χ2n) is 4.44. The molecule has 1 aliphatic heterocycles. The maximum absolute atomic E-state index is 9.00. The van der Waals surface area contributed by atoms with E-state index in [2.05, 4.69) is 24.4 Å². The van der Waals surface area contributed by atoms with Gasteiger partial charge in [-0.3, -0.25) is 0 Å². The minimum absolute atomic E-state index is 0.125. The summed E-state index contributed by atoms with van der Waals surface area (Å²) in [4.78, 5) is 0. The van der Waals surface area contributed by atoms with Crippen molar-refractivity contribution in [1.29, 1.82) is 0 Å². The predicted octanol–water partition coefficient (Wildman–Crippen LogP) is 1.65. The summed E-state index contributed by atoms with van der Waals surface area (Å²) >= 11 is 0. The van der Waals surface area contributed by atoms with Gasteiger partial charge in [0.2, 0.25) is 0 Å². The van der Waals surface area contributed by atoms with E-state index in [1.807, 2.05) is 13.0 Å². The number of rotatable bonds is 4. The van der Waals surface area contributed by atoms with Gasteiger partial charge in [-0.05, 0) is 31.0 Å². The molecule has 3 heteroatoms. The van der Waals surface area contributed by atoms with Gasteiger partial charge in [-0.25, -0.2) is 0 Å². The Morgan fingerprint density at radius 3 is 3.00 bits per heavy atom. The van der Waals surface area contributed by atoms with Gasteiger partial charge in [0.05, 0.1) is 13.2 Å². The van der Waals surface area contributed by atoms with E-state index < -0.39 is 0 Å². The molecule has 2 N–H and O–H groups in total. The van der Waals surface area contributed by atoms with Crippen molar-refractivity contribution in [3.05, 3.63) is 29.3 Å². The van der Waals surface area contributed by atoms with E-state index in [-0.39, 0.29) is 18.7 Å². The van der Waals surface area contributed by atoms with Crippen LogP contribution in [0.1, 0.15) is 31.0 Å². The summed E-state index contributed by atoms with van der Waals surface area (Å²) in [5, 5.41) is 12.3. The summed E-state index contributed by atoms with van der Waals surface area (Å²) in [5.41, 5.74) is 2.55. The molecule has 0 radical (unpaired) electrons. The van der Waals surface area contributed by atoms with Gasteiger partial charge in [-0.1, -0.05) is 12.1 Å². The highest BCUT2D eigenvalue weighted by atomic mass is 16.5. The minimum atomic E-state index is 0.125. The molecule has 0 fully saturated rings. The second-order valence-corrected chi connectivity index (χ2v) is 4.44. The van der Waals surface area contributed by atoms with E-state index in [0.717, 1.165) is 18.8 Å². The molecule has 88 valence electrons. The molecular formula is C13H19NO2. The van der Waals surface area contributed by atoms with Crippen LogP contribution in [0, 0.1) is 0 Å². The van der Waals surface area contributed by atoms with Crippen molar-refractivity contribution < 1.29 is 9.84 Å². The van der Waals surface area contributed by atoms with Crippen molar-refractivity contribution in [3.8, 4) is 5.75 Å². The van der Waals surface area contributed by atoms with Gasteiger partial charge in [0.1, 0.15) is 5.75 Å². The van der Waals surface area contributed by atoms with Crippen molar-refractivity contribution in [1.82, 2.24) is 5.32 Å².